The number of benzene rings is 2. The molecule has 0 unspecified atom stereocenters. The van der Waals surface area contributed by atoms with Crippen molar-refractivity contribution in [3.63, 3.8) is 0 Å². The molecule has 0 aliphatic rings. The van der Waals surface area contributed by atoms with Gasteiger partial charge < -0.3 is 14.7 Å². The van der Waals surface area contributed by atoms with Crippen molar-refractivity contribution in [2.24, 2.45) is 0 Å². The van der Waals surface area contributed by atoms with Gasteiger partial charge in [0.05, 0.1) is 10.6 Å². The molecule has 0 amide bonds. The Labute approximate surface area is 153 Å². The second kappa shape index (κ2) is 7.01. The predicted octanol–water partition coefficient (Wildman–Crippen LogP) is 4.13. The van der Waals surface area contributed by atoms with E-state index in [1.54, 1.807) is 31.2 Å². The Balaban J connectivity index is 1.97. The lowest BCUT2D eigenvalue weighted by molar-refractivity contribution is 0.0693. The fourth-order valence-corrected chi connectivity index (χ4v) is 2.90. The average Bonchev–Trinajstić information content (AvgIpc) is 2.98. The fraction of sp³-hybridized carbons (Fsp3) is 0.105. The zero-order valence-corrected chi connectivity index (χ0v) is 14.4. The number of carbonyl (C=O) groups excluding carboxylic acids is 1. The van der Waals surface area contributed by atoms with Crippen LogP contribution < -0.4 is 0 Å². The maximum absolute atomic E-state index is 12.8. The third-order valence-corrected chi connectivity index (χ3v) is 4.26. The van der Waals surface area contributed by atoms with Crippen molar-refractivity contribution < 1.29 is 24.3 Å². The number of hydrogen-bond donors (Lipinski definition) is 2. The van der Waals surface area contributed by atoms with Gasteiger partial charge in [0.15, 0.2) is 5.78 Å². The highest BCUT2D eigenvalue weighted by Gasteiger charge is 2.23. The van der Waals surface area contributed by atoms with Crippen molar-refractivity contribution >= 4 is 23.4 Å². The van der Waals surface area contributed by atoms with Crippen molar-refractivity contribution in [3.05, 3.63) is 69.9 Å². The number of aromatic carboxylic acids is 1. The van der Waals surface area contributed by atoms with Gasteiger partial charge in [-0.3, -0.25) is 4.79 Å². The van der Waals surface area contributed by atoms with Crippen LogP contribution in [0.25, 0.3) is 11.3 Å². The maximum atomic E-state index is 12.8. The lowest BCUT2D eigenvalue weighted by Gasteiger charge is -2.06. The Hall–Kier alpha value is -3.12. The van der Waals surface area contributed by atoms with E-state index >= 15 is 0 Å². The Kier molecular flexibility index (Phi) is 4.77. The molecule has 0 atom stereocenters. The topological polar surface area (TPSA) is 101 Å². The van der Waals surface area contributed by atoms with E-state index in [9.17, 15) is 14.7 Å². The summed E-state index contributed by atoms with van der Waals surface area (Å²) in [6.45, 7) is 1.63. The number of hydrogen-bond acceptors (Lipinski definition) is 5. The second-order valence-electron chi connectivity index (χ2n) is 5.70. The van der Waals surface area contributed by atoms with Gasteiger partial charge in [0.25, 0.3) is 0 Å². The number of aromatic nitrogens is 1. The van der Waals surface area contributed by atoms with E-state index in [2.05, 4.69) is 5.16 Å². The van der Waals surface area contributed by atoms with Crippen molar-refractivity contribution in [1.82, 2.24) is 5.16 Å². The number of carboxylic acids is 1. The van der Waals surface area contributed by atoms with Gasteiger partial charge in [0, 0.05) is 12.0 Å². The highest BCUT2D eigenvalue weighted by atomic mass is 35.5. The van der Waals surface area contributed by atoms with Crippen molar-refractivity contribution in [3.8, 4) is 17.0 Å². The van der Waals surface area contributed by atoms with Crippen LogP contribution in [-0.2, 0) is 6.42 Å². The number of carboxylic acid groups (broad SMARTS) is 1. The molecule has 0 bridgehead atoms. The summed E-state index contributed by atoms with van der Waals surface area (Å²) in [5.74, 6) is -1.57. The number of Topliss-reactive ketones (excluding diaryl/α,β-unsaturated/α-hetero) is 1. The molecule has 2 N–H and O–H groups in total. The fourth-order valence-electron chi connectivity index (χ4n) is 2.68. The van der Waals surface area contributed by atoms with E-state index in [0.717, 1.165) is 0 Å². The van der Waals surface area contributed by atoms with E-state index < -0.39 is 5.97 Å². The summed E-state index contributed by atoms with van der Waals surface area (Å²) in [6.07, 6.45) is -0.0694. The van der Waals surface area contributed by atoms with E-state index in [1.165, 1.54) is 18.2 Å². The van der Waals surface area contributed by atoms with Crippen LogP contribution in [0.4, 0.5) is 0 Å². The van der Waals surface area contributed by atoms with Gasteiger partial charge in [-0.25, -0.2) is 4.79 Å². The number of aryl methyl sites for hydroxylation is 1. The zero-order chi connectivity index (χ0) is 18.8. The minimum Gasteiger partial charge on any atom is -0.507 e. The number of phenols is 1. The molecule has 0 saturated heterocycles. The molecule has 0 fully saturated rings. The minimum atomic E-state index is -1.27. The maximum Gasteiger partial charge on any atom is 0.339 e. The molecule has 1 aromatic heterocycles. The first-order chi connectivity index (χ1) is 12.4. The molecule has 3 rings (SSSR count). The monoisotopic (exact) mass is 371 g/mol. The first-order valence-electron chi connectivity index (χ1n) is 7.68. The van der Waals surface area contributed by atoms with Crippen LogP contribution in [0.5, 0.6) is 5.75 Å². The SMILES string of the molecule is Cc1onc(-c2ccccc2Cl)c1C(=O)Cc1ccc(O)c(C(=O)O)c1. The number of nitrogens with zero attached hydrogens (tertiary/aromatic N) is 1. The van der Waals surface area contributed by atoms with Gasteiger partial charge in [0.2, 0.25) is 0 Å². The molecule has 0 aliphatic carbocycles. The number of halogens is 1. The molecule has 3 aromatic rings. The summed E-state index contributed by atoms with van der Waals surface area (Å²) in [4.78, 5) is 23.9. The van der Waals surface area contributed by atoms with Crippen LogP contribution >= 0.6 is 11.6 Å². The normalized spacial score (nSPS) is 10.7. The highest BCUT2D eigenvalue weighted by Crippen LogP contribution is 2.32. The van der Waals surface area contributed by atoms with Gasteiger partial charge in [-0.15, -0.1) is 0 Å². The summed E-state index contributed by atoms with van der Waals surface area (Å²) in [6, 6.07) is 11.0. The third kappa shape index (κ3) is 3.32. The summed E-state index contributed by atoms with van der Waals surface area (Å²) in [5.41, 5.74) is 1.41. The first kappa shape index (κ1) is 17.7. The van der Waals surface area contributed by atoms with E-state index in [0.29, 0.717) is 33.2 Å². The Morgan fingerprint density at radius 1 is 1.19 bits per heavy atom. The number of carbonyl (C=O) groups is 2. The van der Waals surface area contributed by atoms with Crippen LogP contribution in [0, 0.1) is 6.92 Å². The van der Waals surface area contributed by atoms with E-state index in [4.69, 9.17) is 21.2 Å². The Bertz CT molecular complexity index is 1010. The Morgan fingerprint density at radius 2 is 1.92 bits per heavy atom. The second-order valence-corrected chi connectivity index (χ2v) is 6.11. The molecule has 2 aromatic carbocycles. The van der Waals surface area contributed by atoms with Gasteiger partial charge in [-0.1, -0.05) is 41.0 Å². The highest BCUT2D eigenvalue weighted by molar-refractivity contribution is 6.33. The number of rotatable bonds is 5. The van der Waals surface area contributed by atoms with E-state index in [1.807, 2.05) is 0 Å². The molecule has 0 radical (unpaired) electrons. The smallest absolute Gasteiger partial charge is 0.339 e. The summed E-state index contributed by atoms with van der Waals surface area (Å²) >= 11 is 6.19. The Morgan fingerprint density at radius 3 is 2.62 bits per heavy atom. The van der Waals surface area contributed by atoms with Gasteiger partial charge in [-0.05, 0) is 30.7 Å². The first-order valence-corrected chi connectivity index (χ1v) is 8.06. The number of ketones is 1. The lowest BCUT2D eigenvalue weighted by atomic mass is 9.97. The standard InChI is InChI=1S/C19H14ClNO5/c1-10-17(18(21-26-10)12-4-2-3-5-14(12)20)16(23)9-11-6-7-15(22)13(8-11)19(24)25/h2-8,22H,9H2,1H3,(H,24,25). The summed E-state index contributed by atoms with van der Waals surface area (Å²) in [5, 5.41) is 23.1. The zero-order valence-electron chi connectivity index (χ0n) is 13.7. The molecule has 0 spiro atoms. The number of aromatic hydroxyl groups is 1. The predicted molar refractivity (Wildman–Crippen MR) is 94.8 cm³/mol. The third-order valence-electron chi connectivity index (χ3n) is 3.93. The molecule has 6 nitrogen and oxygen atoms in total. The van der Waals surface area contributed by atoms with Gasteiger partial charge in [0.1, 0.15) is 22.8 Å². The largest absolute Gasteiger partial charge is 0.507 e. The summed E-state index contributed by atoms with van der Waals surface area (Å²) in [7, 11) is 0. The van der Waals surface area contributed by atoms with Crippen LogP contribution in [0.15, 0.2) is 47.0 Å². The van der Waals surface area contributed by atoms with Crippen LogP contribution in [0.1, 0.15) is 32.0 Å². The quantitative estimate of drug-likeness (QED) is 0.654. The molecule has 0 aliphatic heterocycles. The molecule has 7 heteroatoms. The van der Waals surface area contributed by atoms with Crippen LogP contribution in [0.3, 0.4) is 0 Å². The molecule has 1 heterocycles. The molecule has 0 saturated carbocycles. The van der Waals surface area contributed by atoms with Crippen LogP contribution in [-0.4, -0.2) is 27.1 Å². The van der Waals surface area contributed by atoms with Gasteiger partial charge >= 0.3 is 5.97 Å². The summed E-state index contributed by atoms with van der Waals surface area (Å²) < 4.78 is 5.18. The minimum absolute atomic E-state index is 0.0694. The van der Waals surface area contributed by atoms with Gasteiger partial charge in [-0.2, -0.15) is 0 Å². The van der Waals surface area contributed by atoms with Crippen LogP contribution in [0.2, 0.25) is 5.02 Å². The van der Waals surface area contributed by atoms with Crippen molar-refractivity contribution in [2.45, 2.75) is 13.3 Å². The molecule has 132 valence electrons. The van der Waals surface area contributed by atoms with Crippen molar-refractivity contribution in [2.75, 3.05) is 0 Å². The molecular formula is C19H14ClNO5. The van der Waals surface area contributed by atoms with E-state index in [-0.39, 0.29) is 23.5 Å². The average molecular weight is 372 g/mol. The van der Waals surface area contributed by atoms with Crippen molar-refractivity contribution in [1.29, 1.82) is 0 Å². The molecule has 26 heavy (non-hydrogen) atoms. The lowest BCUT2D eigenvalue weighted by Crippen LogP contribution is -2.07. The molecular weight excluding hydrogens is 358 g/mol.